The van der Waals surface area contributed by atoms with Crippen LogP contribution in [0.4, 0.5) is 4.39 Å². The van der Waals surface area contributed by atoms with Gasteiger partial charge in [0.25, 0.3) is 5.91 Å². The summed E-state index contributed by atoms with van der Waals surface area (Å²) in [5.74, 6) is -0.156. The number of aromatic nitrogens is 3. The molecule has 4 rings (SSSR count). The van der Waals surface area contributed by atoms with E-state index in [0.29, 0.717) is 18.3 Å². The van der Waals surface area contributed by atoms with Crippen molar-refractivity contribution in [3.8, 4) is 17.1 Å². The second-order valence-corrected chi connectivity index (χ2v) is 7.14. The van der Waals surface area contributed by atoms with E-state index in [1.807, 2.05) is 24.3 Å². The molecular formula is C22H23FN4O2. The van der Waals surface area contributed by atoms with Gasteiger partial charge in [0.2, 0.25) is 0 Å². The summed E-state index contributed by atoms with van der Waals surface area (Å²) in [6.07, 6.45) is 6.41. The van der Waals surface area contributed by atoms with Gasteiger partial charge in [-0.25, -0.2) is 4.39 Å². The predicted molar refractivity (Wildman–Crippen MR) is 107 cm³/mol. The first kappa shape index (κ1) is 19.1. The van der Waals surface area contributed by atoms with Gasteiger partial charge in [0.1, 0.15) is 11.6 Å². The fraction of sp³-hybridized carbons (Fsp3) is 0.318. The minimum Gasteiger partial charge on any atom is -0.484 e. The van der Waals surface area contributed by atoms with Crippen LogP contribution in [0.5, 0.6) is 5.75 Å². The molecule has 29 heavy (non-hydrogen) atoms. The van der Waals surface area contributed by atoms with Crippen LogP contribution in [0.3, 0.4) is 0 Å². The maximum Gasteiger partial charge on any atom is 0.258 e. The van der Waals surface area contributed by atoms with Crippen LogP contribution in [-0.2, 0) is 11.3 Å². The van der Waals surface area contributed by atoms with Crippen LogP contribution in [0, 0.1) is 5.82 Å². The molecule has 2 heterocycles. The lowest BCUT2D eigenvalue weighted by Gasteiger charge is -2.13. The van der Waals surface area contributed by atoms with Gasteiger partial charge in [-0.05, 0) is 55.3 Å². The summed E-state index contributed by atoms with van der Waals surface area (Å²) < 4.78 is 20.4. The lowest BCUT2D eigenvalue weighted by molar-refractivity contribution is -0.123. The highest BCUT2D eigenvalue weighted by Gasteiger charge is 2.22. The summed E-state index contributed by atoms with van der Waals surface area (Å²) in [4.78, 5) is 16.6. The van der Waals surface area contributed by atoms with E-state index < -0.39 is 0 Å². The van der Waals surface area contributed by atoms with Gasteiger partial charge in [0.05, 0.1) is 29.7 Å². The molecule has 2 aromatic heterocycles. The molecule has 150 valence electrons. The Bertz CT molecular complexity index is 951. The van der Waals surface area contributed by atoms with Crippen molar-refractivity contribution in [3.05, 3.63) is 66.2 Å². The molecular weight excluding hydrogens is 371 g/mol. The zero-order valence-corrected chi connectivity index (χ0v) is 16.1. The van der Waals surface area contributed by atoms with Crippen LogP contribution < -0.4 is 10.1 Å². The highest BCUT2D eigenvalue weighted by atomic mass is 19.1. The average Bonchev–Trinajstić information content (AvgIpc) is 3.42. The minimum atomic E-state index is -0.344. The average molecular weight is 394 g/mol. The van der Waals surface area contributed by atoms with E-state index in [1.54, 1.807) is 6.20 Å². The van der Waals surface area contributed by atoms with Crippen LogP contribution in [-0.4, -0.2) is 27.3 Å². The molecule has 1 aromatic carbocycles. The van der Waals surface area contributed by atoms with E-state index in [-0.39, 0.29) is 18.3 Å². The first-order valence-electron chi connectivity index (χ1n) is 9.84. The smallest absolute Gasteiger partial charge is 0.258 e. The van der Waals surface area contributed by atoms with Gasteiger partial charge in [-0.1, -0.05) is 18.9 Å². The molecule has 1 N–H and O–H groups in total. The molecule has 0 bridgehead atoms. The number of carbonyl (C=O) groups is 1. The maximum atomic E-state index is 12.9. The highest BCUT2D eigenvalue weighted by Crippen LogP contribution is 2.33. The number of hydrogen-bond donors (Lipinski definition) is 1. The van der Waals surface area contributed by atoms with Gasteiger partial charge >= 0.3 is 0 Å². The molecule has 1 saturated carbocycles. The third-order valence-electron chi connectivity index (χ3n) is 5.03. The normalized spacial score (nSPS) is 14.1. The molecule has 1 aliphatic carbocycles. The molecule has 1 aliphatic rings. The molecule has 1 fully saturated rings. The van der Waals surface area contributed by atoms with E-state index in [0.717, 1.165) is 29.9 Å². The summed E-state index contributed by atoms with van der Waals surface area (Å²) in [5, 5.41) is 7.58. The minimum absolute atomic E-state index is 0.137. The fourth-order valence-electron chi connectivity index (χ4n) is 3.58. The lowest BCUT2D eigenvalue weighted by Crippen LogP contribution is -2.28. The molecule has 7 heteroatoms. The Morgan fingerprint density at radius 3 is 2.69 bits per heavy atom. The van der Waals surface area contributed by atoms with Crippen LogP contribution in [0.15, 0.2) is 54.7 Å². The molecule has 1 amide bonds. The van der Waals surface area contributed by atoms with Crippen molar-refractivity contribution in [2.24, 2.45) is 0 Å². The van der Waals surface area contributed by atoms with Gasteiger partial charge in [-0.15, -0.1) is 0 Å². The number of rotatable bonds is 7. The number of ether oxygens (including phenoxy) is 1. The largest absolute Gasteiger partial charge is 0.484 e. The predicted octanol–water partition coefficient (Wildman–Crippen LogP) is 3.89. The number of hydrogen-bond acceptors (Lipinski definition) is 4. The highest BCUT2D eigenvalue weighted by molar-refractivity contribution is 5.77. The fourth-order valence-corrected chi connectivity index (χ4v) is 3.58. The monoisotopic (exact) mass is 394 g/mol. The maximum absolute atomic E-state index is 12.9. The van der Waals surface area contributed by atoms with Crippen molar-refractivity contribution >= 4 is 5.91 Å². The first-order valence-corrected chi connectivity index (χ1v) is 9.84. The zero-order valence-electron chi connectivity index (χ0n) is 16.1. The van der Waals surface area contributed by atoms with Crippen molar-refractivity contribution in [3.63, 3.8) is 0 Å². The molecule has 0 atom stereocenters. The Hall–Kier alpha value is -3.22. The molecule has 0 aliphatic heterocycles. The second kappa shape index (κ2) is 8.86. The van der Waals surface area contributed by atoms with Crippen LogP contribution >= 0.6 is 0 Å². The van der Waals surface area contributed by atoms with Crippen molar-refractivity contribution in [2.75, 3.05) is 6.61 Å². The van der Waals surface area contributed by atoms with E-state index in [9.17, 15) is 9.18 Å². The van der Waals surface area contributed by atoms with E-state index >= 15 is 0 Å². The van der Waals surface area contributed by atoms with E-state index in [2.05, 4.69) is 15.0 Å². The Morgan fingerprint density at radius 2 is 1.97 bits per heavy atom. The summed E-state index contributed by atoms with van der Waals surface area (Å²) in [5.41, 5.74) is 2.64. The third-order valence-corrected chi connectivity index (χ3v) is 5.03. The van der Waals surface area contributed by atoms with Crippen molar-refractivity contribution < 1.29 is 13.9 Å². The first-order chi connectivity index (χ1) is 14.2. The standard InChI is InChI=1S/C22H23FN4O2/c23-16-8-10-19(11-9-16)29-15-22(28)25-14-17-13-21(20-7-3-4-12-24-20)27(26-17)18-5-1-2-6-18/h3-4,7-13,18H,1-2,5-6,14-15H2,(H,25,28). The van der Waals surface area contributed by atoms with Gasteiger partial charge in [-0.2, -0.15) is 5.10 Å². The Balaban J connectivity index is 1.40. The molecule has 3 aromatic rings. The number of halogens is 1. The number of benzene rings is 1. The summed E-state index contributed by atoms with van der Waals surface area (Å²) in [6, 6.07) is 13.8. The van der Waals surface area contributed by atoms with Gasteiger partial charge in [0, 0.05) is 6.20 Å². The molecule has 0 unspecified atom stereocenters. The topological polar surface area (TPSA) is 69.0 Å². The Labute approximate surface area is 168 Å². The van der Waals surface area contributed by atoms with Crippen LogP contribution in [0.25, 0.3) is 11.4 Å². The molecule has 0 spiro atoms. The number of nitrogens with one attached hydrogen (secondary N) is 1. The SMILES string of the molecule is O=C(COc1ccc(F)cc1)NCc1cc(-c2ccccn2)n(C2CCCC2)n1. The van der Waals surface area contributed by atoms with Gasteiger partial charge < -0.3 is 10.1 Å². The number of nitrogens with zero attached hydrogens (tertiary/aromatic N) is 3. The summed E-state index contributed by atoms with van der Waals surface area (Å²) in [7, 11) is 0. The molecule has 0 saturated heterocycles. The van der Waals surface area contributed by atoms with Crippen LogP contribution in [0.2, 0.25) is 0 Å². The van der Waals surface area contributed by atoms with Crippen molar-refractivity contribution in [1.82, 2.24) is 20.1 Å². The molecule has 6 nitrogen and oxygen atoms in total. The van der Waals surface area contributed by atoms with E-state index in [1.165, 1.54) is 37.1 Å². The van der Waals surface area contributed by atoms with Crippen molar-refractivity contribution in [2.45, 2.75) is 38.3 Å². The zero-order chi connectivity index (χ0) is 20.1. The Kier molecular flexibility index (Phi) is 5.84. The number of carbonyl (C=O) groups excluding carboxylic acids is 1. The van der Waals surface area contributed by atoms with Crippen molar-refractivity contribution in [1.29, 1.82) is 0 Å². The van der Waals surface area contributed by atoms with Crippen LogP contribution in [0.1, 0.15) is 37.4 Å². The number of pyridine rings is 1. The summed E-state index contributed by atoms with van der Waals surface area (Å²) in [6.45, 7) is 0.174. The Morgan fingerprint density at radius 1 is 1.17 bits per heavy atom. The lowest BCUT2D eigenvalue weighted by atomic mass is 10.2. The van der Waals surface area contributed by atoms with E-state index in [4.69, 9.17) is 9.84 Å². The number of amides is 1. The third kappa shape index (κ3) is 4.80. The van der Waals surface area contributed by atoms with Gasteiger partial charge in [0.15, 0.2) is 6.61 Å². The summed E-state index contributed by atoms with van der Waals surface area (Å²) >= 11 is 0. The quantitative estimate of drug-likeness (QED) is 0.660. The molecule has 0 radical (unpaired) electrons. The van der Waals surface area contributed by atoms with Gasteiger partial charge in [-0.3, -0.25) is 14.5 Å². The second-order valence-electron chi connectivity index (χ2n) is 7.14.